The third-order valence-electron chi connectivity index (χ3n) is 2.98. The molecule has 1 rings (SSSR count). The van der Waals surface area contributed by atoms with Gasteiger partial charge < -0.3 is 14.2 Å². The largest absolute Gasteiger partial charge is 0.466 e. The summed E-state index contributed by atoms with van der Waals surface area (Å²) in [5.74, 6) is -1.000. The zero-order chi connectivity index (χ0) is 17.8. The second-order valence-corrected chi connectivity index (χ2v) is 4.82. The van der Waals surface area contributed by atoms with Crippen LogP contribution < -0.4 is 0 Å². The Balaban J connectivity index is 2.58. The number of amides is 1. The lowest BCUT2D eigenvalue weighted by Crippen LogP contribution is -2.38. The molecule has 0 aliphatic rings. The van der Waals surface area contributed by atoms with Gasteiger partial charge in [0.15, 0.2) is 0 Å². The normalized spacial score (nSPS) is 9.92. The first-order valence-electron chi connectivity index (χ1n) is 7.83. The van der Waals surface area contributed by atoms with Crippen molar-refractivity contribution >= 4 is 18.0 Å². The van der Waals surface area contributed by atoms with Crippen molar-refractivity contribution in [3.63, 3.8) is 0 Å². The van der Waals surface area contributed by atoms with Gasteiger partial charge in [0.05, 0.1) is 19.6 Å². The lowest BCUT2D eigenvalue weighted by atomic mass is 10.2. The maximum atomic E-state index is 12.2. The van der Waals surface area contributed by atoms with Crippen molar-refractivity contribution < 1.29 is 28.6 Å². The van der Waals surface area contributed by atoms with E-state index in [1.807, 2.05) is 30.3 Å². The molecule has 0 aliphatic carbocycles. The Morgan fingerprint density at radius 1 is 0.917 bits per heavy atom. The van der Waals surface area contributed by atoms with Gasteiger partial charge in [-0.3, -0.25) is 14.5 Å². The van der Waals surface area contributed by atoms with E-state index < -0.39 is 18.0 Å². The molecule has 0 bridgehead atoms. The number of hydrogen-bond donors (Lipinski definition) is 0. The monoisotopic (exact) mass is 337 g/mol. The van der Waals surface area contributed by atoms with Crippen molar-refractivity contribution in [1.82, 2.24) is 4.90 Å². The van der Waals surface area contributed by atoms with Crippen LogP contribution in [0.3, 0.4) is 0 Å². The molecule has 0 saturated carbocycles. The summed E-state index contributed by atoms with van der Waals surface area (Å²) in [5, 5.41) is 0. The molecule has 1 amide bonds. The summed E-state index contributed by atoms with van der Waals surface area (Å²) >= 11 is 0. The summed E-state index contributed by atoms with van der Waals surface area (Å²) in [4.78, 5) is 36.4. The quantitative estimate of drug-likeness (QED) is 0.507. The summed E-state index contributed by atoms with van der Waals surface area (Å²) in [6.45, 7) is 3.67. The van der Waals surface area contributed by atoms with Crippen molar-refractivity contribution in [3.05, 3.63) is 35.9 Å². The van der Waals surface area contributed by atoms with E-state index in [9.17, 15) is 14.4 Å². The lowest BCUT2D eigenvalue weighted by molar-refractivity contribution is -0.146. The van der Waals surface area contributed by atoms with E-state index in [4.69, 9.17) is 14.2 Å². The van der Waals surface area contributed by atoms with Gasteiger partial charge in [-0.2, -0.15) is 0 Å². The third kappa shape index (κ3) is 7.62. The fourth-order valence-electron chi connectivity index (χ4n) is 1.87. The van der Waals surface area contributed by atoms with E-state index in [-0.39, 0.29) is 39.3 Å². The molecular weight excluding hydrogens is 314 g/mol. The molecule has 0 saturated heterocycles. The summed E-state index contributed by atoms with van der Waals surface area (Å²) in [6.07, 6.45) is -0.704. The molecule has 0 aromatic heterocycles. The van der Waals surface area contributed by atoms with Gasteiger partial charge in [-0.1, -0.05) is 30.3 Å². The van der Waals surface area contributed by atoms with Crippen LogP contribution in [-0.4, -0.2) is 49.2 Å². The van der Waals surface area contributed by atoms with Crippen LogP contribution >= 0.6 is 0 Å². The van der Waals surface area contributed by atoms with Crippen LogP contribution in [0.5, 0.6) is 0 Å². The molecule has 0 aliphatic heterocycles. The molecule has 0 unspecified atom stereocenters. The first kappa shape index (κ1) is 19.5. The van der Waals surface area contributed by atoms with Crippen molar-refractivity contribution in [2.45, 2.75) is 26.9 Å². The molecule has 0 N–H and O–H groups in total. The van der Waals surface area contributed by atoms with Crippen molar-refractivity contribution in [2.75, 3.05) is 26.3 Å². The van der Waals surface area contributed by atoms with Crippen LogP contribution in [0, 0.1) is 0 Å². The number of benzene rings is 1. The summed E-state index contributed by atoms with van der Waals surface area (Å²) in [6, 6.07) is 9.17. The molecule has 24 heavy (non-hydrogen) atoms. The Labute approximate surface area is 141 Å². The van der Waals surface area contributed by atoms with Crippen molar-refractivity contribution in [1.29, 1.82) is 0 Å². The molecule has 1 aromatic rings. The molecule has 0 radical (unpaired) electrons. The molecule has 0 heterocycles. The molecule has 0 spiro atoms. The molecule has 7 nitrogen and oxygen atoms in total. The van der Waals surface area contributed by atoms with Crippen LogP contribution in [0.2, 0.25) is 0 Å². The molecule has 0 atom stereocenters. The van der Waals surface area contributed by atoms with Gasteiger partial charge >= 0.3 is 18.0 Å². The zero-order valence-electron chi connectivity index (χ0n) is 14.0. The van der Waals surface area contributed by atoms with E-state index in [0.29, 0.717) is 0 Å². The van der Waals surface area contributed by atoms with Crippen LogP contribution in [0.15, 0.2) is 30.3 Å². The topological polar surface area (TPSA) is 82.1 Å². The number of carbonyl (C=O) groups excluding carboxylic acids is 3. The standard InChI is InChI=1S/C17H23NO6/c1-3-22-15(19)10-11-18(12-16(20)23-4-2)17(21)24-13-14-8-6-5-7-9-14/h5-9H,3-4,10-13H2,1-2H3. The minimum atomic E-state index is -0.684. The van der Waals surface area contributed by atoms with Crippen molar-refractivity contribution in [3.8, 4) is 0 Å². The summed E-state index contributed by atoms with van der Waals surface area (Å²) < 4.78 is 14.8. The zero-order valence-corrected chi connectivity index (χ0v) is 14.0. The Morgan fingerprint density at radius 3 is 2.17 bits per heavy atom. The highest BCUT2D eigenvalue weighted by molar-refractivity contribution is 5.78. The maximum Gasteiger partial charge on any atom is 0.410 e. The highest BCUT2D eigenvalue weighted by Crippen LogP contribution is 2.05. The number of carbonyl (C=O) groups is 3. The summed E-state index contributed by atoms with van der Waals surface area (Å²) in [7, 11) is 0. The Hall–Kier alpha value is -2.57. The molecule has 7 heteroatoms. The SMILES string of the molecule is CCOC(=O)CCN(CC(=O)OCC)C(=O)OCc1ccccc1. The second kappa shape index (κ2) is 11.0. The Kier molecular flexibility index (Phi) is 8.96. The van der Waals surface area contributed by atoms with Gasteiger partial charge in [-0.25, -0.2) is 4.79 Å². The number of hydrogen-bond acceptors (Lipinski definition) is 6. The highest BCUT2D eigenvalue weighted by atomic mass is 16.6. The number of rotatable bonds is 9. The van der Waals surface area contributed by atoms with Gasteiger partial charge in [0.25, 0.3) is 0 Å². The van der Waals surface area contributed by atoms with Crippen LogP contribution in [0.4, 0.5) is 4.79 Å². The van der Waals surface area contributed by atoms with E-state index >= 15 is 0 Å². The molecular formula is C17H23NO6. The number of esters is 2. The molecule has 1 aromatic carbocycles. The van der Waals surface area contributed by atoms with E-state index in [1.54, 1.807) is 13.8 Å². The average Bonchev–Trinajstić information content (AvgIpc) is 2.58. The maximum absolute atomic E-state index is 12.2. The van der Waals surface area contributed by atoms with Crippen molar-refractivity contribution in [2.24, 2.45) is 0 Å². The van der Waals surface area contributed by atoms with Gasteiger partial charge in [0, 0.05) is 6.54 Å². The van der Waals surface area contributed by atoms with Gasteiger partial charge in [0.2, 0.25) is 0 Å². The van der Waals surface area contributed by atoms with Crippen LogP contribution in [0.1, 0.15) is 25.8 Å². The average molecular weight is 337 g/mol. The fraction of sp³-hybridized carbons (Fsp3) is 0.471. The summed E-state index contributed by atoms with van der Waals surface area (Å²) in [5.41, 5.74) is 0.826. The minimum absolute atomic E-state index is 0.0191. The number of nitrogens with zero attached hydrogens (tertiary/aromatic N) is 1. The smallest absolute Gasteiger partial charge is 0.410 e. The lowest BCUT2D eigenvalue weighted by Gasteiger charge is -2.20. The third-order valence-corrected chi connectivity index (χ3v) is 2.98. The first-order valence-corrected chi connectivity index (χ1v) is 7.83. The van der Waals surface area contributed by atoms with Crippen LogP contribution in [0.25, 0.3) is 0 Å². The Bertz CT molecular complexity index is 531. The van der Waals surface area contributed by atoms with E-state index in [2.05, 4.69) is 0 Å². The highest BCUT2D eigenvalue weighted by Gasteiger charge is 2.20. The van der Waals surface area contributed by atoms with Crippen LogP contribution in [-0.2, 0) is 30.4 Å². The minimum Gasteiger partial charge on any atom is -0.466 e. The van der Waals surface area contributed by atoms with Gasteiger partial charge in [0.1, 0.15) is 13.2 Å². The fourth-order valence-corrected chi connectivity index (χ4v) is 1.87. The van der Waals surface area contributed by atoms with E-state index in [0.717, 1.165) is 10.5 Å². The number of ether oxygens (including phenoxy) is 3. The predicted molar refractivity (Wildman–Crippen MR) is 86.1 cm³/mol. The molecule has 132 valence electrons. The second-order valence-electron chi connectivity index (χ2n) is 4.82. The van der Waals surface area contributed by atoms with E-state index in [1.165, 1.54) is 0 Å². The Morgan fingerprint density at radius 2 is 1.54 bits per heavy atom. The van der Waals surface area contributed by atoms with Gasteiger partial charge in [-0.05, 0) is 19.4 Å². The van der Waals surface area contributed by atoms with Gasteiger partial charge in [-0.15, -0.1) is 0 Å². The molecule has 0 fully saturated rings. The first-order chi connectivity index (χ1) is 11.6. The predicted octanol–water partition coefficient (Wildman–Crippen LogP) is 2.14.